The minimum atomic E-state index is -0.202. The van der Waals surface area contributed by atoms with Gasteiger partial charge in [0.2, 0.25) is 0 Å². The highest BCUT2D eigenvalue weighted by Crippen LogP contribution is 1.99. The number of hydrogen-bond acceptors (Lipinski definition) is 5. The van der Waals surface area contributed by atoms with Crippen LogP contribution in [-0.2, 0) is 6.61 Å². The van der Waals surface area contributed by atoms with Crippen LogP contribution < -0.4 is 0 Å². The smallest absolute Gasteiger partial charge is 0.162 e. The van der Waals surface area contributed by atoms with E-state index in [2.05, 4.69) is 14.8 Å². The van der Waals surface area contributed by atoms with Crippen molar-refractivity contribution in [1.29, 1.82) is 0 Å². The van der Waals surface area contributed by atoms with Gasteiger partial charge in [-0.05, 0) is 0 Å². The molecule has 0 saturated heterocycles. The van der Waals surface area contributed by atoms with Gasteiger partial charge in [-0.2, -0.15) is 0 Å². The maximum Gasteiger partial charge on any atom is 0.162 e. The first-order valence-corrected chi connectivity index (χ1v) is 2.60. The zero-order valence-electron chi connectivity index (χ0n) is 5.06. The summed E-state index contributed by atoms with van der Waals surface area (Å²) >= 11 is 0. The van der Waals surface area contributed by atoms with Gasteiger partial charge in [-0.1, -0.05) is 10.3 Å². The molecule has 0 amide bonds. The van der Waals surface area contributed by atoms with Crippen molar-refractivity contribution in [2.75, 3.05) is 0 Å². The Morgan fingerprint density at radius 1 is 1.80 bits per heavy atom. The highest BCUT2D eigenvalue weighted by atomic mass is 16.5. The van der Waals surface area contributed by atoms with Crippen LogP contribution in [0, 0.1) is 0 Å². The third kappa shape index (κ3) is 1.32. The van der Waals surface area contributed by atoms with E-state index < -0.39 is 0 Å². The van der Waals surface area contributed by atoms with Crippen molar-refractivity contribution in [2.45, 2.75) is 6.61 Å². The summed E-state index contributed by atoms with van der Waals surface area (Å²) in [5.41, 5.74) is 0.381. The average Bonchev–Trinajstić information content (AvgIpc) is 2.37. The summed E-state index contributed by atoms with van der Waals surface area (Å²) in [6.45, 7) is -0.202. The molecule has 1 aromatic rings. The molecule has 0 aromatic carbocycles. The minimum Gasteiger partial charge on any atom is -0.411 e. The Kier molecular flexibility index (Phi) is 2.01. The van der Waals surface area contributed by atoms with Crippen molar-refractivity contribution in [3.8, 4) is 0 Å². The molecular formula is C5H6N2O3. The summed E-state index contributed by atoms with van der Waals surface area (Å²) in [5.74, 6) is 0.342. The van der Waals surface area contributed by atoms with Gasteiger partial charge in [0.05, 0.1) is 6.21 Å². The molecule has 0 spiro atoms. The normalized spacial score (nSPS) is 10.9. The molecule has 10 heavy (non-hydrogen) atoms. The lowest BCUT2D eigenvalue weighted by Gasteiger charge is -1.76. The standard InChI is InChI=1S/C5H6N2O3/c8-3-5-1-4(2-6-9)7-10-5/h1-2,8-9H,3H2/b6-2+. The number of aromatic nitrogens is 1. The summed E-state index contributed by atoms with van der Waals surface area (Å²) in [4.78, 5) is 0. The second-order valence-electron chi connectivity index (χ2n) is 1.62. The van der Waals surface area contributed by atoms with Gasteiger partial charge in [0, 0.05) is 6.07 Å². The van der Waals surface area contributed by atoms with Crippen molar-refractivity contribution >= 4 is 6.21 Å². The quantitative estimate of drug-likeness (QED) is 0.345. The fraction of sp³-hybridized carbons (Fsp3) is 0.200. The molecule has 5 heteroatoms. The molecule has 1 aromatic heterocycles. The van der Waals surface area contributed by atoms with Gasteiger partial charge in [0.15, 0.2) is 5.76 Å². The zero-order chi connectivity index (χ0) is 7.40. The summed E-state index contributed by atoms with van der Waals surface area (Å²) in [7, 11) is 0. The molecule has 1 rings (SSSR count). The maximum atomic E-state index is 8.48. The molecule has 0 fully saturated rings. The molecule has 0 bridgehead atoms. The number of nitrogens with zero attached hydrogens (tertiary/aromatic N) is 2. The molecule has 0 unspecified atom stereocenters. The van der Waals surface area contributed by atoms with Crippen LogP contribution in [0.3, 0.4) is 0 Å². The average molecular weight is 142 g/mol. The second kappa shape index (κ2) is 2.98. The van der Waals surface area contributed by atoms with E-state index in [9.17, 15) is 0 Å². The van der Waals surface area contributed by atoms with Crippen LogP contribution >= 0.6 is 0 Å². The summed E-state index contributed by atoms with van der Waals surface area (Å²) < 4.78 is 4.56. The largest absolute Gasteiger partial charge is 0.411 e. The van der Waals surface area contributed by atoms with Gasteiger partial charge < -0.3 is 14.8 Å². The second-order valence-corrected chi connectivity index (χ2v) is 1.62. The Bertz CT molecular complexity index is 231. The Hall–Kier alpha value is -1.36. The van der Waals surface area contributed by atoms with Gasteiger partial charge in [0.25, 0.3) is 0 Å². The summed E-state index contributed by atoms with van der Waals surface area (Å²) in [6.07, 6.45) is 1.11. The Balaban J connectivity index is 2.78. The van der Waals surface area contributed by atoms with Crippen molar-refractivity contribution < 1.29 is 14.8 Å². The molecule has 0 atom stereocenters. The van der Waals surface area contributed by atoms with E-state index in [-0.39, 0.29) is 6.61 Å². The predicted octanol–water partition coefficient (Wildman–Crippen LogP) is -0.0250. The lowest BCUT2D eigenvalue weighted by Crippen LogP contribution is -1.77. The van der Waals surface area contributed by atoms with Crippen LogP contribution in [0.4, 0.5) is 0 Å². The molecule has 1 heterocycles. The van der Waals surface area contributed by atoms with E-state index in [4.69, 9.17) is 10.3 Å². The molecule has 0 aliphatic carbocycles. The monoisotopic (exact) mass is 142 g/mol. The summed E-state index contributed by atoms with van der Waals surface area (Å²) in [5, 5.41) is 22.7. The molecule has 0 saturated carbocycles. The first-order valence-electron chi connectivity index (χ1n) is 2.60. The van der Waals surface area contributed by atoms with Crippen LogP contribution in [0.25, 0.3) is 0 Å². The van der Waals surface area contributed by atoms with E-state index in [1.807, 2.05) is 0 Å². The van der Waals surface area contributed by atoms with Crippen molar-refractivity contribution in [3.05, 3.63) is 17.5 Å². The van der Waals surface area contributed by atoms with E-state index in [1.165, 1.54) is 6.07 Å². The van der Waals surface area contributed by atoms with Gasteiger partial charge in [0.1, 0.15) is 12.3 Å². The lowest BCUT2D eigenvalue weighted by molar-refractivity contribution is 0.229. The first kappa shape index (κ1) is 6.76. The van der Waals surface area contributed by atoms with Gasteiger partial charge in [-0.3, -0.25) is 0 Å². The van der Waals surface area contributed by atoms with E-state index >= 15 is 0 Å². The van der Waals surface area contributed by atoms with E-state index in [1.54, 1.807) is 0 Å². The molecule has 5 nitrogen and oxygen atoms in total. The third-order valence-electron chi connectivity index (χ3n) is 0.923. The van der Waals surface area contributed by atoms with Crippen LogP contribution in [0.15, 0.2) is 15.7 Å². The molecule has 0 aliphatic heterocycles. The van der Waals surface area contributed by atoms with E-state index in [0.717, 1.165) is 6.21 Å². The Morgan fingerprint density at radius 3 is 3.10 bits per heavy atom. The highest BCUT2D eigenvalue weighted by molar-refractivity contribution is 5.75. The number of aliphatic hydroxyl groups is 1. The number of rotatable bonds is 2. The third-order valence-corrected chi connectivity index (χ3v) is 0.923. The van der Waals surface area contributed by atoms with Crippen molar-refractivity contribution in [1.82, 2.24) is 5.16 Å². The fourth-order valence-corrected chi connectivity index (χ4v) is 0.523. The van der Waals surface area contributed by atoms with Crippen LogP contribution in [0.5, 0.6) is 0 Å². The molecule has 2 N–H and O–H groups in total. The van der Waals surface area contributed by atoms with Gasteiger partial charge in [-0.15, -0.1) is 0 Å². The SMILES string of the molecule is OCc1cc(/C=N/O)no1. The molecular weight excluding hydrogens is 136 g/mol. The lowest BCUT2D eigenvalue weighted by atomic mass is 10.4. The van der Waals surface area contributed by atoms with Crippen molar-refractivity contribution in [2.24, 2.45) is 5.16 Å². The van der Waals surface area contributed by atoms with Crippen LogP contribution in [0.2, 0.25) is 0 Å². The van der Waals surface area contributed by atoms with Crippen LogP contribution in [-0.4, -0.2) is 21.7 Å². The molecule has 54 valence electrons. The first-order chi connectivity index (χ1) is 4.86. The minimum absolute atomic E-state index is 0.202. The zero-order valence-corrected chi connectivity index (χ0v) is 5.06. The Morgan fingerprint density at radius 2 is 2.60 bits per heavy atom. The van der Waals surface area contributed by atoms with Gasteiger partial charge in [-0.25, -0.2) is 0 Å². The number of aliphatic hydroxyl groups excluding tert-OH is 1. The molecule has 0 aliphatic rings. The van der Waals surface area contributed by atoms with Crippen molar-refractivity contribution in [3.63, 3.8) is 0 Å². The topological polar surface area (TPSA) is 78.9 Å². The highest BCUT2D eigenvalue weighted by Gasteiger charge is 1.98. The van der Waals surface area contributed by atoms with E-state index in [0.29, 0.717) is 11.5 Å². The summed E-state index contributed by atoms with van der Waals surface area (Å²) in [6, 6.07) is 1.47. The molecule has 0 radical (unpaired) electrons. The number of hydrogen-bond donors (Lipinski definition) is 2. The number of oxime groups is 1. The predicted molar refractivity (Wildman–Crippen MR) is 31.8 cm³/mol. The van der Waals surface area contributed by atoms with Crippen LogP contribution in [0.1, 0.15) is 11.5 Å². The van der Waals surface area contributed by atoms with Gasteiger partial charge >= 0.3 is 0 Å². The Labute approximate surface area is 56.6 Å². The fourth-order valence-electron chi connectivity index (χ4n) is 0.523. The maximum absolute atomic E-state index is 8.48.